The van der Waals surface area contributed by atoms with E-state index in [0.717, 1.165) is 28.0 Å². The van der Waals surface area contributed by atoms with Crippen LogP contribution in [0.15, 0.2) is 27.0 Å². The van der Waals surface area contributed by atoms with Crippen LogP contribution in [0.4, 0.5) is 11.1 Å². The average Bonchev–Trinajstić information content (AvgIpc) is 3.59. The SMILES string of the molecule is CON=C(C(=O)NC1C(=O)N2C(C(=O)O)=C(CSc3n[nH]c(NC(=O)CCC(=O)OC)n3)CS[C@@H]12)c1csc(N)n1. The van der Waals surface area contributed by atoms with Gasteiger partial charge in [0.1, 0.15) is 29.9 Å². The van der Waals surface area contributed by atoms with E-state index in [4.69, 9.17) is 10.6 Å². The lowest BCUT2D eigenvalue weighted by Crippen LogP contribution is -2.71. The molecule has 0 aliphatic carbocycles. The zero-order valence-corrected chi connectivity index (χ0v) is 23.9. The number of nitrogens with one attached hydrogen (secondary N) is 3. The quantitative estimate of drug-likeness (QED) is 0.0664. The molecule has 0 saturated carbocycles. The fourth-order valence-electron chi connectivity index (χ4n) is 3.73. The van der Waals surface area contributed by atoms with E-state index in [1.807, 2.05) is 0 Å². The first kappa shape index (κ1) is 29.8. The van der Waals surface area contributed by atoms with Gasteiger partial charge < -0.3 is 25.7 Å². The Morgan fingerprint density at radius 1 is 1.29 bits per heavy atom. The maximum absolute atomic E-state index is 13.0. The molecule has 2 aliphatic rings. The van der Waals surface area contributed by atoms with Crippen LogP contribution in [0.3, 0.4) is 0 Å². The lowest BCUT2D eigenvalue weighted by Gasteiger charge is -2.49. The van der Waals surface area contributed by atoms with Crippen molar-refractivity contribution in [3.05, 3.63) is 22.3 Å². The number of carboxylic acids is 1. The number of hydrogen-bond donors (Lipinski definition) is 5. The number of carboxylic acid groups (broad SMARTS) is 1. The van der Waals surface area contributed by atoms with Crippen molar-refractivity contribution in [3.8, 4) is 0 Å². The number of hydrogen-bond acceptors (Lipinski definition) is 15. The second-order valence-corrected chi connectivity index (χ2v) is 11.1. The van der Waals surface area contributed by atoms with E-state index < -0.39 is 41.1 Å². The number of ether oxygens (including phenoxy) is 1. The van der Waals surface area contributed by atoms with E-state index in [1.165, 1.54) is 31.4 Å². The lowest BCUT2D eigenvalue weighted by atomic mass is 10.0. The Labute approximate surface area is 243 Å². The third-order valence-corrected chi connectivity index (χ3v) is 8.53. The van der Waals surface area contributed by atoms with Crippen molar-refractivity contribution in [1.29, 1.82) is 0 Å². The summed E-state index contributed by atoms with van der Waals surface area (Å²) in [5.41, 5.74) is 5.91. The highest BCUT2D eigenvalue weighted by atomic mass is 32.2. The summed E-state index contributed by atoms with van der Waals surface area (Å²) >= 11 is 3.49. The summed E-state index contributed by atoms with van der Waals surface area (Å²) in [5, 5.41) is 26.5. The van der Waals surface area contributed by atoms with E-state index >= 15 is 0 Å². The Morgan fingerprint density at radius 2 is 2.07 bits per heavy atom. The summed E-state index contributed by atoms with van der Waals surface area (Å²) in [6.07, 6.45) is -0.195. The molecule has 1 fully saturated rings. The molecule has 41 heavy (non-hydrogen) atoms. The number of amides is 3. The molecule has 1 unspecified atom stereocenters. The fourth-order valence-corrected chi connectivity index (χ4v) is 6.56. The van der Waals surface area contributed by atoms with Gasteiger partial charge in [0, 0.05) is 23.3 Å². The molecule has 2 aromatic heterocycles. The third-order valence-electron chi connectivity index (χ3n) is 5.58. The van der Waals surface area contributed by atoms with Gasteiger partial charge in [0.15, 0.2) is 10.8 Å². The highest BCUT2D eigenvalue weighted by Gasteiger charge is 2.54. The molecule has 2 aliphatic heterocycles. The molecule has 17 nitrogen and oxygen atoms in total. The van der Waals surface area contributed by atoms with Gasteiger partial charge >= 0.3 is 11.9 Å². The van der Waals surface area contributed by atoms with Crippen LogP contribution in [0.25, 0.3) is 0 Å². The van der Waals surface area contributed by atoms with Crippen molar-refractivity contribution in [1.82, 2.24) is 30.4 Å². The van der Waals surface area contributed by atoms with Gasteiger partial charge in [-0.2, -0.15) is 4.98 Å². The number of aliphatic carboxylic acids is 1. The highest BCUT2D eigenvalue weighted by molar-refractivity contribution is 8.01. The largest absolute Gasteiger partial charge is 0.477 e. The monoisotopic (exact) mass is 625 g/mol. The van der Waals surface area contributed by atoms with E-state index in [1.54, 1.807) is 0 Å². The molecule has 0 aromatic carbocycles. The summed E-state index contributed by atoms with van der Waals surface area (Å²) in [6.45, 7) is 0. The van der Waals surface area contributed by atoms with Gasteiger partial charge in [-0.15, -0.1) is 28.2 Å². The number of methoxy groups -OCH3 is 1. The number of thioether (sulfide) groups is 2. The first-order valence-electron chi connectivity index (χ1n) is 11.6. The molecule has 4 heterocycles. The van der Waals surface area contributed by atoms with Crippen LogP contribution in [0.5, 0.6) is 0 Å². The first-order valence-corrected chi connectivity index (χ1v) is 14.5. The van der Waals surface area contributed by atoms with Gasteiger partial charge in [-0.05, 0) is 5.57 Å². The minimum absolute atomic E-state index is 0.0566. The first-order chi connectivity index (χ1) is 19.6. The Bertz CT molecular complexity index is 1440. The van der Waals surface area contributed by atoms with Gasteiger partial charge in [-0.3, -0.25) is 29.4 Å². The van der Waals surface area contributed by atoms with Gasteiger partial charge in [0.25, 0.3) is 11.8 Å². The minimum atomic E-state index is -1.29. The Kier molecular flexibility index (Phi) is 9.45. The number of nitrogen functional groups attached to an aromatic ring is 1. The van der Waals surface area contributed by atoms with Gasteiger partial charge in [0.2, 0.25) is 17.0 Å². The number of nitrogens with zero attached hydrogens (tertiary/aromatic N) is 5. The summed E-state index contributed by atoms with van der Waals surface area (Å²) < 4.78 is 4.49. The van der Waals surface area contributed by atoms with Crippen molar-refractivity contribution >= 4 is 81.3 Å². The van der Waals surface area contributed by atoms with Crippen LogP contribution in [0.1, 0.15) is 18.5 Å². The van der Waals surface area contributed by atoms with Crippen LogP contribution >= 0.6 is 34.9 Å². The van der Waals surface area contributed by atoms with E-state index in [2.05, 4.69) is 40.7 Å². The smallest absolute Gasteiger partial charge is 0.352 e. The van der Waals surface area contributed by atoms with Crippen molar-refractivity contribution in [2.24, 2.45) is 5.16 Å². The summed E-state index contributed by atoms with van der Waals surface area (Å²) in [6, 6.07) is -0.993. The van der Waals surface area contributed by atoms with Crippen LogP contribution in [0, 0.1) is 0 Å². The normalized spacial score (nSPS) is 18.3. The standard InChI is InChI=1S/C21H23N9O8S3/c1-37-11(32)4-3-10(31)24-20-26-21(28-27-20)41-6-8-5-39-17-13(16(34)30(17)14(8)18(35)36)25-15(33)12(29-38-2)9-7-40-19(22)23-9/h7,13,17H,3-6H2,1-2H3,(H2,22,23)(H,25,33)(H,35,36)(H2,24,26,27,28,31)/t13?,17-/m0/s1. The van der Waals surface area contributed by atoms with Crippen molar-refractivity contribution < 1.29 is 38.7 Å². The maximum Gasteiger partial charge on any atom is 0.352 e. The zero-order chi connectivity index (χ0) is 29.7. The summed E-state index contributed by atoms with van der Waals surface area (Å²) in [4.78, 5) is 75.1. The van der Waals surface area contributed by atoms with Crippen LogP contribution in [0.2, 0.25) is 0 Å². The topological polar surface area (TPSA) is 244 Å². The number of carbonyl (C=O) groups excluding carboxylic acids is 4. The number of nitrogens with two attached hydrogens (primary N) is 1. The fraction of sp³-hybridized carbons (Fsp3) is 0.381. The van der Waals surface area contributed by atoms with E-state index in [-0.39, 0.29) is 57.7 Å². The molecule has 0 spiro atoms. The second kappa shape index (κ2) is 13.0. The van der Waals surface area contributed by atoms with Crippen LogP contribution < -0.4 is 16.4 Å². The molecular formula is C21H23N9O8S3. The van der Waals surface area contributed by atoms with Gasteiger partial charge in [-0.25, -0.2) is 14.9 Å². The van der Waals surface area contributed by atoms with E-state index in [0.29, 0.717) is 5.57 Å². The number of fused-ring (bicyclic) bond motifs is 1. The predicted molar refractivity (Wildman–Crippen MR) is 147 cm³/mol. The molecule has 4 rings (SSSR count). The van der Waals surface area contributed by atoms with Crippen molar-refractivity contribution in [2.45, 2.75) is 29.4 Å². The predicted octanol–water partition coefficient (Wildman–Crippen LogP) is -0.383. The average molecular weight is 626 g/mol. The Hall–Kier alpha value is -4.17. The highest BCUT2D eigenvalue weighted by Crippen LogP contribution is 2.41. The number of anilines is 2. The minimum Gasteiger partial charge on any atom is -0.477 e. The van der Waals surface area contributed by atoms with Crippen molar-refractivity contribution in [3.63, 3.8) is 0 Å². The molecule has 218 valence electrons. The molecule has 20 heteroatoms. The number of thiazole rings is 1. The molecule has 6 N–H and O–H groups in total. The second-order valence-electron chi connectivity index (χ2n) is 8.19. The molecule has 1 saturated heterocycles. The number of esters is 1. The van der Waals surface area contributed by atoms with Crippen LogP contribution in [-0.4, -0.2) is 103 Å². The van der Waals surface area contributed by atoms with Gasteiger partial charge in [0.05, 0.1) is 13.5 Å². The molecular weight excluding hydrogens is 602 g/mol. The zero-order valence-electron chi connectivity index (χ0n) is 21.4. The van der Waals surface area contributed by atoms with Crippen LogP contribution in [-0.2, 0) is 33.5 Å². The molecule has 0 radical (unpaired) electrons. The number of rotatable bonds is 12. The lowest BCUT2D eigenvalue weighted by molar-refractivity contribution is -0.150. The third kappa shape index (κ3) is 6.77. The van der Waals surface area contributed by atoms with Crippen molar-refractivity contribution in [2.75, 3.05) is 36.8 Å². The molecule has 2 atom stereocenters. The summed E-state index contributed by atoms with van der Waals surface area (Å²) in [7, 11) is 2.48. The molecule has 2 aromatic rings. The Balaban J connectivity index is 1.38. The number of carbonyl (C=O) groups is 5. The molecule has 3 amide bonds. The van der Waals surface area contributed by atoms with Gasteiger partial charge in [-0.1, -0.05) is 16.9 Å². The number of aromatic amines is 1. The number of H-pyrrole nitrogens is 1. The number of β-lactam (4-membered cyclic amide) rings is 1. The number of oxime groups is 1. The maximum atomic E-state index is 13.0. The Morgan fingerprint density at radius 3 is 2.73 bits per heavy atom. The number of aromatic nitrogens is 4. The summed E-state index contributed by atoms with van der Waals surface area (Å²) in [5.74, 6) is -3.15. The molecule has 0 bridgehead atoms. The van der Waals surface area contributed by atoms with E-state index in [9.17, 15) is 29.1 Å².